The van der Waals surface area contributed by atoms with Gasteiger partial charge in [0.1, 0.15) is 11.4 Å². The lowest BCUT2D eigenvalue weighted by molar-refractivity contribution is -0.182. The highest BCUT2D eigenvalue weighted by Gasteiger charge is 2.49. The number of carbonyl (C=O) groups excluding carboxylic acids is 1. The van der Waals surface area contributed by atoms with Crippen molar-refractivity contribution in [1.29, 1.82) is 0 Å². The Balaban J connectivity index is 1.41. The number of hydrogen-bond donors (Lipinski definition) is 1. The van der Waals surface area contributed by atoms with E-state index in [1.165, 1.54) is 15.3 Å². The Kier molecular flexibility index (Phi) is 7.41. The zero-order valence-electron chi connectivity index (χ0n) is 21.0. The fraction of sp³-hybridized carbons (Fsp3) is 0.615. The maximum atomic E-state index is 13.0. The van der Waals surface area contributed by atoms with Gasteiger partial charge in [-0.2, -0.15) is 17.5 Å². The molecular weight excluding hydrogens is 491 g/mol. The highest BCUT2D eigenvalue weighted by molar-refractivity contribution is 7.92. The van der Waals surface area contributed by atoms with Crippen LogP contribution >= 0.6 is 0 Å². The Labute approximate surface area is 211 Å². The Morgan fingerprint density at radius 2 is 1.69 bits per heavy atom. The molecule has 198 valence electrons. The van der Waals surface area contributed by atoms with Gasteiger partial charge in [0.25, 0.3) is 5.91 Å². The number of piperidine rings is 1. The van der Waals surface area contributed by atoms with Gasteiger partial charge >= 0.3 is 6.18 Å². The third-order valence-corrected chi connectivity index (χ3v) is 9.52. The second kappa shape index (κ2) is 9.93. The molecule has 1 aliphatic carbocycles. The van der Waals surface area contributed by atoms with Gasteiger partial charge in [-0.15, -0.1) is 0 Å². The lowest BCUT2D eigenvalue weighted by Crippen LogP contribution is -2.50. The van der Waals surface area contributed by atoms with Crippen LogP contribution in [0.1, 0.15) is 67.7 Å². The molecule has 0 atom stereocenters. The van der Waals surface area contributed by atoms with Gasteiger partial charge in [-0.3, -0.25) is 9.79 Å². The lowest BCUT2D eigenvalue weighted by Gasteiger charge is -2.34. The molecule has 1 spiro atoms. The van der Waals surface area contributed by atoms with Crippen LogP contribution < -0.4 is 5.32 Å². The Bertz CT molecular complexity index is 1150. The van der Waals surface area contributed by atoms with Crippen LogP contribution in [0.4, 0.5) is 13.2 Å². The van der Waals surface area contributed by atoms with Crippen molar-refractivity contribution in [1.82, 2.24) is 9.62 Å². The van der Waals surface area contributed by atoms with Crippen molar-refractivity contribution < 1.29 is 26.4 Å². The van der Waals surface area contributed by atoms with Gasteiger partial charge < -0.3 is 5.32 Å². The van der Waals surface area contributed by atoms with Crippen LogP contribution in [-0.2, 0) is 21.2 Å². The van der Waals surface area contributed by atoms with Crippen molar-refractivity contribution in [3.8, 4) is 0 Å². The number of aliphatic imine (C=N–C) groups is 1. The summed E-state index contributed by atoms with van der Waals surface area (Å²) in [4.78, 5) is 17.5. The van der Waals surface area contributed by atoms with E-state index in [1.807, 2.05) is 13.8 Å². The van der Waals surface area contributed by atoms with Gasteiger partial charge in [-0.25, -0.2) is 8.42 Å². The summed E-state index contributed by atoms with van der Waals surface area (Å²) >= 11 is 0. The standard InChI is InChI=1S/C26H34F3N3O3S/c1-4-19-15-17(2)22(18(3)16-19)9-14-36(34,35)32-12-10-25(11-13-32)24(33)30-23(31-25)20-5-7-21(8-6-20)26(27,28)29/h9,14-16,20-21H,4-8,10-13H2,1-3H3,(H,30,31,33)/b14-9+. The molecule has 36 heavy (non-hydrogen) atoms. The third-order valence-electron chi connectivity index (χ3n) is 7.95. The van der Waals surface area contributed by atoms with Crippen LogP contribution in [-0.4, -0.2) is 49.3 Å². The van der Waals surface area contributed by atoms with Gasteiger partial charge in [0.05, 0.1) is 5.92 Å². The molecule has 2 heterocycles. The number of nitrogens with zero attached hydrogens (tertiary/aromatic N) is 2. The average molecular weight is 526 g/mol. The molecule has 0 aromatic heterocycles. The predicted octanol–water partition coefficient (Wildman–Crippen LogP) is 4.90. The second-order valence-electron chi connectivity index (χ2n) is 10.3. The largest absolute Gasteiger partial charge is 0.391 e. The SMILES string of the molecule is CCc1cc(C)c(/C=C/S(=O)(=O)N2CCC3(CC2)N=C(C2CCC(C(F)(F)F)CC2)NC3=O)c(C)c1. The van der Waals surface area contributed by atoms with Gasteiger partial charge in [-0.1, -0.05) is 19.1 Å². The van der Waals surface area contributed by atoms with Crippen molar-refractivity contribution in [2.75, 3.05) is 13.1 Å². The van der Waals surface area contributed by atoms with Crippen LogP contribution in [0.2, 0.25) is 0 Å². The summed E-state index contributed by atoms with van der Waals surface area (Å²) in [6, 6.07) is 4.13. The van der Waals surface area contributed by atoms with Crippen molar-refractivity contribution in [3.05, 3.63) is 39.8 Å². The van der Waals surface area contributed by atoms with E-state index in [0.717, 1.165) is 23.1 Å². The molecule has 2 fully saturated rings. The summed E-state index contributed by atoms with van der Waals surface area (Å²) < 4.78 is 66.4. The molecular formula is C26H34F3N3O3S. The number of sulfonamides is 1. The fourth-order valence-electron chi connectivity index (χ4n) is 5.65. The number of carbonyl (C=O) groups is 1. The van der Waals surface area contributed by atoms with E-state index in [9.17, 15) is 26.4 Å². The molecule has 1 N–H and O–H groups in total. The van der Waals surface area contributed by atoms with E-state index in [2.05, 4.69) is 29.4 Å². The van der Waals surface area contributed by atoms with E-state index < -0.39 is 27.7 Å². The first kappa shape index (κ1) is 26.9. The first-order chi connectivity index (χ1) is 16.8. The van der Waals surface area contributed by atoms with E-state index in [4.69, 9.17) is 0 Å². The van der Waals surface area contributed by atoms with Crippen molar-refractivity contribution >= 4 is 27.8 Å². The van der Waals surface area contributed by atoms with Gasteiger partial charge in [0.15, 0.2) is 0 Å². The molecule has 1 saturated carbocycles. The number of nitrogens with one attached hydrogen (secondary N) is 1. The highest BCUT2D eigenvalue weighted by Crippen LogP contribution is 2.41. The number of benzene rings is 1. The summed E-state index contributed by atoms with van der Waals surface area (Å²) in [5.74, 6) is -1.29. The Morgan fingerprint density at radius 1 is 1.11 bits per heavy atom. The number of amides is 1. The van der Waals surface area contributed by atoms with E-state index in [0.29, 0.717) is 18.7 Å². The molecule has 2 aliphatic heterocycles. The molecule has 0 radical (unpaired) electrons. The summed E-state index contributed by atoms with van der Waals surface area (Å²) in [6.07, 6.45) is -0.399. The zero-order chi connectivity index (χ0) is 26.3. The molecule has 3 aliphatic rings. The highest BCUT2D eigenvalue weighted by atomic mass is 32.2. The minimum atomic E-state index is -4.18. The monoisotopic (exact) mass is 525 g/mol. The fourth-order valence-corrected chi connectivity index (χ4v) is 6.82. The normalized spacial score (nSPS) is 25.4. The first-order valence-corrected chi connectivity index (χ1v) is 14.1. The molecule has 4 rings (SSSR count). The number of rotatable bonds is 5. The maximum absolute atomic E-state index is 13.0. The molecule has 1 aromatic carbocycles. The number of amidine groups is 1. The molecule has 6 nitrogen and oxygen atoms in total. The molecule has 1 amide bonds. The molecule has 10 heteroatoms. The van der Waals surface area contributed by atoms with Crippen LogP contribution in [0.5, 0.6) is 0 Å². The van der Waals surface area contributed by atoms with Crippen molar-refractivity contribution in [2.24, 2.45) is 16.8 Å². The lowest BCUT2D eigenvalue weighted by atomic mass is 9.81. The van der Waals surface area contributed by atoms with E-state index in [1.54, 1.807) is 6.08 Å². The third kappa shape index (κ3) is 5.39. The predicted molar refractivity (Wildman–Crippen MR) is 134 cm³/mol. The van der Waals surface area contributed by atoms with Gasteiger partial charge in [0.2, 0.25) is 10.0 Å². The molecule has 0 bridgehead atoms. The van der Waals surface area contributed by atoms with E-state index >= 15 is 0 Å². The van der Waals surface area contributed by atoms with Gasteiger partial charge in [-0.05, 0) is 87.1 Å². The number of alkyl halides is 3. The molecule has 1 saturated heterocycles. The zero-order valence-corrected chi connectivity index (χ0v) is 21.8. The number of halogens is 3. The Hall–Kier alpha value is -2.20. The minimum Gasteiger partial charge on any atom is -0.312 e. The van der Waals surface area contributed by atoms with Crippen LogP contribution in [0.15, 0.2) is 22.5 Å². The Morgan fingerprint density at radius 3 is 2.22 bits per heavy atom. The van der Waals surface area contributed by atoms with Crippen molar-refractivity contribution in [2.45, 2.75) is 77.4 Å². The summed E-state index contributed by atoms with van der Waals surface area (Å²) in [6.45, 7) is 6.32. The van der Waals surface area contributed by atoms with E-state index in [-0.39, 0.29) is 50.6 Å². The van der Waals surface area contributed by atoms with Crippen molar-refractivity contribution in [3.63, 3.8) is 0 Å². The quantitative estimate of drug-likeness (QED) is 0.594. The van der Waals surface area contributed by atoms with Crippen LogP contribution in [0.3, 0.4) is 0 Å². The smallest absolute Gasteiger partial charge is 0.312 e. The summed E-state index contributed by atoms with van der Waals surface area (Å²) in [5, 5.41) is 4.04. The van der Waals surface area contributed by atoms with Crippen LogP contribution in [0, 0.1) is 25.7 Å². The summed E-state index contributed by atoms with van der Waals surface area (Å²) in [7, 11) is -3.68. The molecule has 1 aromatic rings. The summed E-state index contributed by atoms with van der Waals surface area (Å²) in [5.41, 5.74) is 3.09. The molecule has 0 unspecified atom stereocenters. The second-order valence-corrected chi connectivity index (χ2v) is 12.1. The average Bonchev–Trinajstić information content (AvgIpc) is 3.13. The first-order valence-electron chi connectivity index (χ1n) is 12.6. The number of hydrogen-bond acceptors (Lipinski definition) is 4. The van der Waals surface area contributed by atoms with Gasteiger partial charge in [0, 0.05) is 24.4 Å². The topological polar surface area (TPSA) is 78.8 Å². The minimum absolute atomic E-state index is 0.0362. The van der Waals surface area contributed by atoms with Crippen LogP contribution in [0.25, 0.3) is 6.08 Å². The maximum Gasteiger partial charge on any atom is 0.391 e. The number of aryl methyl sites for hydroxylation is 3.